The first-order chi connectivity index (χ1) is 7.63. The van der Waals surface area contributed by atoms with Gasteiger partial charge in [0.2, 0.25) is 5.95 Å². The van der Waals surface area contributed by atoms with Crippen LogP contribution in [0.2, 0.25) is 0 Å². The van der Waals surface area contributed by atoms with Gasteiger partial charge in [-0.05, 0) is 20.3 Å². The van der Waals surface area contributed by atoms with E-state index in [1.807, 2.05) is 11.9 Å². The molecular formula is C11H21N5. The molecule has 5 nitrogen and oxygen atoms in total. The highest BCUT2D eigenvalue weighted by atomic mass is 15.3. The molecule has 0 saturated heterocycles. The van der Waals surface area contributed by atoms with Gasteiger partial charge in [0.05, 0.1) is 6.20 Å². The second kappa shape index (κ2) is 6.25. The first-order valence-corrected chi connectivity index (χ1v) is 5.81. The van der Waals surface area contributed by atoms with E-state index in [0.717, 1.165) is 18.8 Å². The number of aromatic nitrogens is 3. The van der Waals surface area contributed by atoms with Gasteiger partial charge >= 0.3 is 0 Å². The summed E-state index contributed by atoms with van der Waals surface area (Å²) >= 11 is 0. The monoisotopic (exact) mass is 223 g/mol. The Kier molecular flexibility index (Phi) is 4.95. The molecule has 0 aromatic carbocycles. The van der Waals surface area contributed by atoms with Gasteiger partial charge in [-0.25, -0.2) is 0 Å². The lowest BCUT2D eigenvalue weighted by Crippen LogP contribution is -2.22. The van der Waals surface area contributed by atoms with Crippen molar-refractivity contribution in [1.29, 1.82) is 0 Å². The lowest BCUT2D eigenvalue weighted by atomic mass is 10.3. The zero-order valence-corrected chi connectivity index (χ0v) is 10.6. The molecule has 1 rings (SSSR count). The molecule has 0 fully saturated rings. The summed E-state index contributed by atoms with van der Waals surface area (Å²) in [6.07, 6.45) is 3.96. The summed E-state index contributed by atoms with van der Waals surface area (Å²) < 4.78 is 0. The zero-order valence-electron chi connectivity index (χ0n) is 10.6. The van der Waals surface area contributed by atoms with Gasteiger partial charge in [0.25, 0.3) is 0 Å². The number of unbranched alkanes of at least 4 members (excludes halogenated alkanes) is 1. The van der Waals surface area contributed by atoms with Crippen LogP contribution in [-0.4, -0.2) is 34.8 Å². The number of nitrogens with one attached hydrogen (secondary N) is 1. The highest BCUT2D eigenvalue weighted by molar-refractivity contribution is 5.38. The largest absolute Gasteiger partial charge is 0.366 e. The van der Waals surface area contributed by atoms with Crippen LogP contribution in [0, 0.1) is 0 Å². The molecule has 0 unspecified atom stereocenters. The van der Waals surface area contributed by atoms with Crippen molar-refractivity contribution in [2.45, 2.75) is 39.7 Å². The average Bonchev–Trinajstić information content (AvgIpc) is 2.25. The highest BCUT2D eigenvalue weighted by Crippen LogP contribution is 2.09. The molecule has 0 aliphatic heterocycles. The van der Waals surface area contributed by atoms with E-state index in [1.54, 1.807) is 6.20 Å². The van der Waals surface area contributed by atoms with Crippen LogP contribution in [0.5, 0.6) is 0 Å². The molecule has 0 aliphatic carbocycles. The maximum Gasteiger partial charge on any atom is 0.247 e. The number of hydrogen-bond donors (Lipinski definition) is 1. The molecule has 5 heteroatoms. The number of nitrogens with zero attached hydrogens (tertiary/aromatic N) is 4. The van der Waals surface area contributed by atoms with Crippen LogP contribution in [-0.2, 0) is 0 Å². The van der Waals surface area contributed by atoms with Crippen molar-refractivity contribution >= 4 is 11.8 Å². The Bertz CT molecular complexity index is 313. The standard InChI is InChI=1S/C11H21N5/c1-5-6-7-16(4)11-14-10(8-12-15-11)13-9(2)3/h8-9H,5-7H2,1-4H3,(H,13,14,15). The first kappa shape index (κ1) is 12.7. The number of rotatable bonds is 6. The van der Waals surface area contributed by atoms with Crippen LogP contribution >= 0.6 is 0 Å². The predicted octanol–water partition coefficient (Wildman–Crippen LogP) is 1.93. The minimum Gasteiger partial charge on any atom is -0.366 e. The van der Waals surface area contributed by atoms with E-state index in [9.17, 15) is 0 Å². The van der Waals surface area contributed by atoms with Crippen LogP contribution in [0.4, 0.5) is 11.8 Å². The molecule has 0 saturated carbocycles. The molecule has 1 aromatic rings. The second-order valence-corrected chi connectivity index (χ2v) is 4.22. The maximum absolute atomic E-state index is 4.41. The molecule has 1 aromatic heterocycles. The SMILES string of the molecule is CCCCN(C)c1nncc(NC(C)C)n1. The normalized spacial score (nSPS) is 10.6. The lowest BCUT2D eigenvalue weighted by molar-refractivity contribution is 0.739. The van der Waals surface area contributed by atoms with Gasteiger partial charge in [-0.1, -0.05) is 13.3 Å². The van der Waals surface area contributed by atoms with E-state index in [-0.39, 0.29) is 0 Å². The Morgan fingerprint density at radius 1 is 1.44 bits per heavy atom. The fourth-order valence-corrected chi connectivity index (χ4v) is 1.32. The molecule has 0 atom stereocenters. The third kappa shape index (κ3) is 4.00. The summed E-state index contributed by atoms with van der Waals surface area (Å²) in [5, 5.41) is 11.2. The van der Waals surface area contributed by atoms with Crippen LogP contribution in [0.25, 0.3) is 0 Å². The van der Waals surface area contributed by atoms with Gasteiger partial charge in [-0.2, -0.15) is 10.1 Å². The molecule has 0 radical (unpaired) electrons. The molecule has 1 N–H and O–H groups in total. The quantitative estimate of drug-likeness (QED) is 0.798. The number of hydrogen-bond acceptors (Lipinski definition) is 5. The molecule has 0 amide bonds. The van der Waals surface area contributed by atoms with Gasteiger partial charge in [-0.3, -0.25) is 0 Å². The molecule has 0 bridgehead atoms. The lowest BCUT2D eigenvalue weighted by Gasteiger charge is -2.17. The van der Waals surface area contributed by atoms with Gasteiger partial charge in [0.1, 0.15) is 0 Å². The van der Waals surface area contributed by atoms with Gasteiger partial charge in [0, 0.05) is 19.6 Å². The maximum atomic E-state index is 4.41. The Labute approximate surface area is 97.3 Å². The minimum atomic E-state index is 0.352. The van der Waals surface area contributed by atoms with Crippen molar-refractivity contribution in [3.05, 3.63) is 6.20 Å². The summed E-state index contributed by atoms with van der Waals surface area (Å²) in [6, 6.07) is 0.352. The highest BCUT2D eigenvalue weighted by Gasteiger charge is 2.06. The molecule has 0 spiro atoms. The third-order valence-electron chi connectivity index (χ3n) is 2.17. The Morgan fingerprint density at radius 3 is 2.81 bits per heavy atom. The summed E-state index contributed by atoms with van der Waals surface area (Å²) in [6.45, 7) is 7.28. The minimum absolute atomic E-state index is 0.352. The Morgan fingerprint density at radius 2 is 2.19 bits per heavy atom. The molecule has 90 valence electrons. The molecule has 0 aliphatic rings. The summed E-state index contributed by atoms with van der Waals surface area (Å²) in [5.74, 6) is 1.46. The van der Waals surface area contributed by atoms with E-state index in [1.165, 1.54) is 6.42 Å². The zero-order chi connectivity index (χ0) is 12.0. The van der Waals surface area contributed by atoms with Gasteiger partial charge in [0.15, 0.2) is 5.82 Å². The predicted molar refractivity (Wildman–Crippen MR) is 66.8 cm³/mol. The summed E-state index contributed by atoms with van der Waals surface area (Å²) in [4.78, 5) is 6.44. The van der Waals surface area contributed by atoms with Gasteiger partial charge < -0.3 is 10.2 Å². The van der Waals surface area contributed by atoms with Crippen molar-refractivity contribution in [3.8, 4) is 0 Å². The van der Waals surface area contributed by atoms with Crippen molar-refractivity contribution in [2.75, 3.05) is 23.8 Å². The molecule has 16 heavy (non-hydrogen) atoms. The molecular weight excluding hydrogens is 202 g/mol. The fourth-order valence-electron chi connectivity index (χ4n) is 1.32. The second-order valence-electron chi connectivity index (χ2n) is 4.22. The van der Waals surface area contributed by atoms with Crippen molar-refractivity contribution in [1.82, 2.24) is 15.2 Å². The summed E-state index contributed by atoms with van der Waals surface area (Å²) in [5.41, 5.74) is 0. The average molecular weight is 223 g/mol. The van der Waals surface area contributed by atoms with E-state index < -0.39 is 0 Å². The summed E-state index contributed by atoms with van der Waals surface area (Å²) in [7, 11) is 1.99. The van der Waals surface area contributed by atoms with Crippen LogP contribution in [0.15, 0.2) is 6.20 Å². The smallest absolute Gasteiger partial charge is 0.247 e. The van der Waals surface area contributed by atoms with Gasteiger partial charge in [-0.15, -0.1) is 5.10 Å². The van der Waals surface area contributed by atoms with Crippen LogP contribution in [0.1, 0.15) is 33.6 Å². The van der Waals surface area contributed by atoms with Crippen molar-refractivity contribution < 1.29 is 0 Å². The van der Waals surface area contributed by atoms with Crippen LogP contribution < -0.4 is 10.2 Å². The van der Waals surface area contributed by atoms with Crippen LogP contribution in [0.3, 0.4) is 0 Å². The Hall–Kier alpha value is -1.39. The molecule has 1 heterocycles. The first-order valence-electron chi connectivity index (χ1n) is 5.81. The Balaban J connectivity index is 2.65. The van der Waals surface area contributed by atoms with E-state index in [4.69, 9.17) is 0 Å². The van der Waals surface area contributed by atoms with E-state index in [2.05, 4.69) is 41.3 Å². The van der Waals surface area contributed by atoms with E-state index in [0.29, 0.717) is 12.0 Å². The number of anilines is 2. The third-order valence-corrected chi connectivity index (χ3v) is 2.17. The topological polar surface area (TPSA) is 53.9 Å². The van der Waals surface area contributed by atoms with E-state index >= 15 is 0 Å². The van der Waals surface area contributed by atoms with Crippen molar-refractivity contribution in [3.63, 3.8) is 0 Å². The fraction of sp³-hybridized carbons (Fsp3) is 0.727. The van der Waals surface area contributed by atoms with Crippen molar-refractivity contribution in [2.24, 2.45) is 0 Å².